The third-order valence-electron chi connectivity index (χ3n) is 3.58. The summed E-state index contributed by atoms with van der Waals surface area (Å²) < 4.78 is 0. The topological polar surface area (TPSA) is 20.2 Å². The highest BCUT2D eigenvalue weighted by atomic mass is 16.3. The van der Waals surface area contributed by atoms with Crippen molar-refractivity contribution in [3.05, 3.63) is 35.4 Å². The maximum Gasteiger partial charge on any atom is 0.176 e. The lowest BCUT2D eigenvalue weighted by Gasteiger charge is -2.29. The van der Waals surface area contributed by atoms with Crippen LogP contribution in [-0.4, -0.2) is 11.2 Å². The fourth-order valence-electron chi connectivity index (χ4n) is 1.51. The van der Waals surface area contributed by atoms with Gasteiger partial charge < -0.3 is 5.11 Å². The molecule has 0 amide bonds. The van der Waals surface area contributed by atoms with Crippen molar-refractivity contribution >= 4 is 0 Å². The Morgan fingerprint density at radius 3 is 2.17 bits per heavy atom. The van der Waals surface area contributed by atoms with Crippen LogP contribution < -0.4 is 0 Å². The molecule has 1 aromatic carbocycles. The summed E-state index contributed by atoms with van der Waals surface area (Å²) in [6.07, 6.45) is 4.06. The Balaban J connectivity index is 2.93. The number of benzene rings is 1. The average Bonchev–Trinajstić information content (AvgIpc) is 2.36. The van der Waals surface area contributed by atoms with Crippen molar-refractivity contribution < 1.29 is 5.11 Å². The van der Waals surface area contributed by atoms with Crippen LogP contribution in [0.25, 0.3) is 0 Å². The molecular formula is C17H20O. The van der Waals surface area contributed by atoms with E-state index >= 15 is 0 Å². The monoisotopic (exact) mass is 240 g/mol. The molecule has 0 radical (unpaired) electrons. The van der Waals surface area contributed by atoms with Gasteiger partial charge in [-0.25, -0.2) is 0 Å². The molecule has 94 valence electrons. The first-order valence-corrected chi connectivity index (χ1v) is 6.14. The zero-order chi connectivity index (χ0) is 13.8. The first-order chi connectivity index (χ1) is 8.37. The van der Waals surface area contributed by atoms with E-state index in [0.717, 1.165) is 5.56 Å². The van der Waals surface area contributed by atoms with Crippen LogP contribution in [0.2, 0.25) is 0 Å². The molecule has 1 atom stereocenters. The molecule has 1 aromatic rings. The van der Waals surface area contributed by atoms with Crippen molar-refractivity contribution in [2.24, 2.45) is 5.92 Å². The second kappa shape index (κ2) is 5.76. The van der Waals surface area contributed by atoms with Gasteiger partial charge in [0.25, 0.3) is 0 Å². The Morgan fingerprint density at radius 2 is 1.72 bits per heavy atom. The summed E-state index contributed by atoms with van der Waals surface area (Å²) in [5, 5.41) is 9.17. The third-order valence-corrected chi connectivity index (χ3v) is 3.58. The molecule has 0 aliphatic carbocycles. The van der Waals surface area contributed by atoms with E-state index in [-0.39, 0.29) is 5.41 Å². The van der Waals surface area contributed by atoms with Crippen LogP contribution >= 0.6 is 0 Å². The minimum absolute atomic E-state index is 0.143. The van der Waals surface area contributed by atoms with Gasteiger partial charge in [-0.1, -0.05) is 57.6 Å². The van der Waals surface area contributed by atoms with Gasteiger partial charge in [0.2, 0.25) is 0 Å². The summed E-state index contributed by atoms with van der Waals surface area (Å²) in [6, 6.07) is 8.12. The minimum atomic E-state index is -0.989. The predicted octanol–water partition coefficient (Wildman–Crippen LogP) is 2.97. The molecule has 0 saturated heterocycles. The molecule has 1 nitrogen and oxygen atoms in total. The first kappa shape index (κ1) is 14.4. The van der Waals surface area contributed by atoms with E-state index in [2.05, 4.69) is 57.6 Å². The van der Waals surface area contributed by atoms with E-state index in [4.69, 9.17) is 11.5 Å². The number of terminal acetylenes is 1. The van der Waals surface area contributed by atoms with Crippen molar-refractivity contribution in [2.75, 3.05) is 0 Å². The Bertz CT molecular complexity index is 489. The van der Waals surface area contributed by atoms with E-state index < -0.39 is 6.10 Å². The van der Waals surface area contributed by atoms with Crippen molar-refractivity contribution in [1.29, 1.82) is 0 Å². The lowest BCUT2D eigenvalue weighted by atomic mass is 9.75. The normalized spacial score (nSPS) is 12.5. The van der Waals surface area contributed by atoms with Gasteiger partial charge in [0.05, 0.1) is 0 Å². The van der Waals surface area contributed by atoms with E-state index in [9.17, 15) is 0 Å². The van der Waals surface area contributed by atoms with Gasteiger partial charge in [0.1, 0.15) is 0 Å². The van der Waals surface area contributed by atoms with Crippen LogP contribution in [0.1, 0.15) is 38.8 Å². The van der Waals surface area contributed by atoms with Crippen LogP contribution in [-0.2, 0) is 5.41 Å². The maximum atomic E-state index is 9.17. The molecule has 1 heteroatoms. The van der Waals surface area contributed by atoms with Crippen LogP contribution in [0, 0.1) is 30.1 Å². The third kappa shape index (κ3) is 3.39. The summed E-state index contributed by atoms with van der Waals surface area (Å²) in [5.74, 6) is 8.19. The van der Waals surface area contributed by atoms with Gasteiger partial charge in [0.15, 0.2) is 6.10 Å². The molecule has 0 aromatic heterocycles. The van der Waals surface area contributed by atoms with Gasteiger partial charge in [-0.2, -0.15) is 0 Å². The summed E-state index contributed by atoms with van der Waals surface area (Å²) in [4.78, 5) is 0. The largest absolute Gasteiger partial charge is 0.369 e. The average molecular weight is 240 g/mol. The van der Waals surface area contributed by atoms with E-state index in [1.54, 1.807) is 0 Å². The predicted molar refractivity (Wildman–Crippen MR) is 76.0 cm³/mol. The van der Waals surface area contributed by atoms with Gasteiger partial charge in [-0.3, -0.25) is 0 Å². The zero-order valence-corrected chi connectivity index (χ0v) is 11.5. The standard InChI is InChI=1S/C17H20O/c1-6-16(18)12-9-14-7-10-15(11-8-14)17(4,5)13(2)3/h1,7-8,10-11,13,16,18H,2-5H3. The second-order valence-corrected chi connectivity index (χ2v) is 5.29. The fourth-order valence-corrected chi connectivity index (χ4v) is 1.51. The van der Waals surface area contributed by atoms with Crippen molar-refractivity contribution in [2.45, 2.75) is 39.2 Å². The lowest BCUT2D eigenvalue weighted by Crippen LogP contribution is -2.24. The second-order valence-electron chi connectivity index (χ2n) is 5.29. The molecule has 1 rings (SSSR count). The Kier molecular flexibility index (Phi) is 4.60. The van der Waals surface area contributed by atoms with Gasteiger partial charge in [0, 0.05) is 5.56 Å². The highest BCUT2D eigenvalue weighted by Crippen LogP contribution is 2.31. The molecule has 0 saturated carbocycles. The summed E-state index contributed by atoms with van der Waals surface area (Å²) >= 11 is 0. The molecule has 0 aliphatic rings. The number of rotatable bonds is 2. The van der Waals surface area contributed by atoms with E-state index in [1.165, 1.54) is 5.56 Å². The summed E-state index contributed by atoms with van der Waals surface area (Å²) in [5.41, 5.74) is 2.30. The molecule has 0 aliphatic heterocycles. The molecule has 0 fully saturated rings. The smallest absolute Gasteiger partial charge is 0.176 e. The lowest BCUT2D eigenvalue weighted by molar-refractivity contribution is 0.290. The van der Waals surface area contributed by atoms with Crippen LogP contribution in [0.15, 0.2) is 24.3 Å². The van der Waals surface area contributed by atoms with Gasteiger partial charge in [-0.15, -0.1) is 6.42 Å². The number of hydrogen-bond acceptors (Lipinski definition) is 1. The fraction of sp³-hybridized carbons (Fsp3) is 0.412. The van der Waals surface area contributed by atoms with Crippen LogP contribution in [0.4, 0.5) is 0 Å². The molecule has 0 bridgehead atoms. The molecule has 1 unspecified atom stereocenters. The SMILES string of the molecule is C#CC(O)C#Cc1ccc(C(C)(C)C(C)C)cc1. The van der Waals surface area contributed by atoms with Crippen molar-refractivity contribution in [3.63, 3.8) is 0 Å². The zero-order valence-electron chi connectivity index (χ0n) is 11.5. The summed E-state index contributed by atoms with van der Waals surface area (Å²) in [7, 11) is 0. The highest BCUT2D eigenvalue weighted by molar-refractivity contribution is 5.39. The number of hydrogen-bond donors (Lipinski definition) is 1. The maximum absolute atomic E-state index is 9.17. The minimum Gasteiger partial charge on any atom is -0.369 e. The van der Waals surface area contributed by atoms with Crippen molar-refractivity contribution in [3.8, 4) is 24.2 Å². The molecule has 18 heavy (non-hydrogen) atoms. The van der Waals surface area contributed by atoms with Crippen molar-refractivity contribution in [1.82, 2.24) is 0 Å². The molecular weight excluding hydrogens is 220 g/mol. The van der Waals surface area contributed by atoms with Crippen LogP contribution in [0.5, 0.6) is 0 Å². The first-order valence-electron chi connectivity index (χ1n) is 6.14. The Morgan fingerprint density at radius 1 is 1.17 bits per heavy atom. The summed E-state index contributed by atoms with van der Waals surface area (Å²) in [6.45, 7) is 8.91. The van der Waals surface area contributed by atoms with Gasteiger partial charge >= 0.3 is 0 Å². The number of aliphatic hydroxyl groups excluding tert-OH is 1. The Labute approximate surface area is 110 Å². The highest BCUT2D eigenvalue weighted by Gasteiger charge is 2.24. The molecule has 0 heterocycles. The van der Waals surface area contributed by atoms with E-state index in [0.29, 0.717) is 5.92 Å². The quantitative estimate of drug-likeness (QED) is 0.788. The van der Waals surface area contributed by atoms with Crippen LogP contribution in [0.3, 0.4) is 0 Å². The molecule has 0 spiro atoms. The Hall–Kier alpha value is -1.70. The number of aliphatic hydroxyl groups is 1. The van der Waals surface area contributed by atoms with E-state index in [1.807, 2.05) is 12.1 Å². The van der Waals surface area contributed by atoms with Gasteiger partial charge in [-0.05, 0) is 29.0 Å². The molecule has 1 N–H and O–H groups in total.